The first-order valence-electron chi connectivity index (χ1n) is 14.8. The van der Waals surface area contributed by atoms with Crippen molar-refractivity contribution in [2.75, 3.05) is 5.32 Å². The van der Waals surface area contributed by atoms with Crippen LogP contribution in [0.2, 0.25) is 0 Å². The number of aromatic amines is 1. The molecule has 2 heterocycles. The molecule has 5 heteroatoms. The average molecular weight is 543 g/mol. The quantitative estimate of drug-likeness (QED) is 0.176. The molecule has 3 aromatic carbocycles. The molecule has 0 radical (unpaired) electrons. The van der Waals surface area contributed by atoms with E-state index in [1.807, 2.05) is 67.8 Å². The summed E-state index contributed by atoms with van der Waals surface area (Å²) >= 11 is 0. The maximum absolute atomic E-state index is 14.6. The van der Waals surface area contributed by atoms with Crippen LogP contribution in [-0.4, -0.2) is 21.4 Å². The number of para-hydroxylation sites is 2. The number of hydrogen-bond acceptors (Lipinski definition) is 3. The molecular formula is C36H38N4O. The van der Waals surface area contributed by atoms with E-state index >= 15 is 0 Å². The summed E-state index contributed by atoms with van der Waals surface area (Å²) in [5, 5.41) is 8.39. The van der Waals surface area contributed by atoms with Crippen LogP contribution in [0, 0.1) is 5.92 Å². The summed E-state index contributed by atoms with van der Waals surface area (Å²) < 4.78 is 0. The van der Waals surface area contributed by atoms with Gasteiger partial charge in [-0.05, 0) is 61.1 Å². The molecule has 5 aromatic rings. The Balaban J connectivity index is 1.38. The van der Waals surface area contributed by atoms with Crippen LogP contribution in [0.4, 0.5) is 5.69 Å². The summed E-state index contributed by atoms with van der Waals surface area (Å²) in [5.41, 5.74) is 5.30. The fourth-order valence-electron chi connectivity index (χ4n) is 6.36. The van der Waals surface area contributed by atoms with Gasteiger partial charge in [-0.2, -0.15) is 0 Å². The number of nitrogens with zero attached hydrogens (tertiary/aromatic N) is 1. The van der Waals surface area contributed by atoms with E-state index in [4.69, 9.17) is 4.98 Å². The van der Waals surface area contributed by atoms with Crippen molar-refractivity contribution in [3.8, 4) is 11.1 Å². The fourth-order valence-corrected chi connectivity index (χ4v) is 6.36. The highest BCUT2D eigenvalue weighted by molar-refractivity contribution is 5.93. The monoisotopic (exact) mass is 542 g/mol. The number of benzene rings is 3. The molecule has 0 bridgehead atoms. The van der Waals surface area contributed by atoms with Crippen LogP contribution in [0.25, 0.3) is 22.0 Å². The Bertz CT molecular complexity index is 1590. The lowest BCUT2D eigenvalue weighted by atomic mass is 9.81. The number of rotatable bonds is 9. The molecule has 1 saturated carbocycles. The van der Waals surface area contributed by atoms with E-state index in [1.165, 1.54) is 19.3 Å². The first-order chi connectivity index (χ1) is 20.1. The highest BCUT2D eigenvalue weighted by Gasteiger charge is 2.38. The van der Waals surface area contributed by atoms with Crippen LogP contribution in [0.5, 0.6) is 0 Å². The second-order valence-corrected chi connectivity index (χ2v) is 11.5. The maximum Gasteiger partial charge on any atom is 0.246 e. The second-order valence-electron chi connectivity index (χ2n) is 11.5. The van der Waals surface area contributed by atoms with Gasteiger partial charge in [0, 0.05) is 41.0 Å². The molecule has 2 unspecified atom stereocenters. The summed E-state index contributed by atoms with van der Waals surface area (Å²) in [4.78, 5) is 22.7. The lowest BCUT2D eigenvalue weighted by Gasteiger charge is -2.36. The Morgan fingerprint density at radius 3 is 2.44 bits per heavy atom. The van der Waals surface area contributed by atoms with Crippen LogP contribution >= 0.6 is 0 Å². The fraction of sp³-hybridized carbons (Fsp3) is 0.278. The summed E-state index contributed by atoms with van der Waals surface area (Å²) in [6.45, 7) is 2.03. The van der Waals surface area contributed by atoms with Gasteiger partial charge in [-0.1, -0.05) is 92.1 Å². The number of carbonyl (C=O) groups excluding carboxylic acids is 1. The smallest absolute Gasteiger partial charge is 0.246 e. The number of anilines is 1. The van der Waals surface area contributed by atoms with Crippen LogP contribution < -0.4 is 10.6 Å². The van der Waals surface area contributed by atoms with Gasteiger partial charge in [-0.15, -0.1) is 0 Å². The topological polar surface area (TPSA) is 69.8 Å². The number of nitrogens with one attached hydrogen (secondary N) is 3. The number of carbonyl (C=O) groups is 1. The minimum atomic E-state index is -0.933. The molecule has 0 saturated heterocycles. The first kappa shape index (κ1) is 26.8. The Kier molecular flexibility index (Phi) is 7.86. The number of H-pyrrole nitrogens is 1. The molecule has 41 heavy (non-hydrogen) atoms. The molecule has 1 aliphatic rings. The van der Waals surface area contributed by atoms with Crippen molar-refractivity contribution >= 4 is 22.5 Å². The maximum atomic E-state index is 14.6. The molecule has 1 amide bonds. The number of fused-ring (bicyclic) bond motifs is 1. The molecule has 6 rings (SSSR count). The SMILES string of the molecule is CC(Cc1c[nH]c2ccccc12)(Nc1ccccc1-c1ccccc1)C(=O)NC(c1ccccn1)C1CCCCC1. The summed E-state index contributed by atoms with van der Waals surface area (Å²) in [6, 6.07) is 32.8. The standard InChI is InChI=1S/C36H38N4O/c1-36(24-28-25-38-31-20-10-8-19-30(28)31,40-32-21-11-9-18-29(32)26-14-4-2-5-15-26)35(41)39-34(27-16-6-3-7-17-27)33-22-12-13-23-37-33/h2,4-5,8-15,18-23,25,27,34,38,40H,3,6-7,16-17,24H2,1H3,(H,39,41). The molecule has 1 aliphatic carbocycles. The molecule has 2 atom stereocenters. The molecule has 5 nitrogen and oxygen atoms in total. The highest BCUT2D eigenvalue weighted by atomic mass is 16.2. The number of aromatic nitrogens is 2. The van der Waals surface area contributed by atoms with Crippen molar-refractivity contribution in [3.05, 3.63) is 121 Å². The van der Waals surface area contributed by atoms with Crippen molar-refractivity contribution in [2.24, 2.45) is 5.92 Å². The van der Waals surface area contributed by atoms with Gasteiger partial charge in [0.1, 0.15) is 5.54 Å². The third-order valence-corrected chi connectivity index (χ3v) is 8.56. The highest BCUT2D eigenvalue weighted by Crippen LogP contribution is 2.36. The first-order valence-corrected chi connectivity index (χ1v) is 14.8. The molecule has 208 valence electrons. The van der Waals surface area contributed by atoms with E-state index in [0.29, 0.717) is 12.3 Å². The minimum absolute atomic E-state index is 0.0214. The second kappa shape index (κ2) is 12.0. The zero-order valence-electron chi connectivity index (χ0n) is 23.6. The van der Waals surface area contributed by atoms with Crippen LogP contribution in [0.3, 0.4) is 0 Å². The number of hydrogen-bond donors (Lipinski definition) is 3. The molecule has 3 N–H and O–H groups in total. The van der Waals surface area contributed by atoms with Crippen LogP contribution in [0.1, 0.15) is 56.3 Å². The van der Waals surface area contributed by atoms with Gasteiger partial charge in [-0.3, -0.25) is 9.78 Å². The van der Waals surface area contributed by atoms with E-state index in [1.54, 1.807) is 0 Å². The Morgan fingerprint density at radius 1 is 0.902 bits per heavy atom. The Morgan fingerprint density at radius 2 is 1.63 bits per heavy atom. The van der Waals surface area contributed by atoms with Crippen molar-refractivity contribution in [2.45, 2.75) is 57.0 Å². The van der Waals surface area contributed by atoms with Crippen molar-refractivity contribution in [3.63, 3.8) is 0 Å². The van der Waals surface area contributed by atoms with E-state index in [2.05, 4.69) is 64.1 Å². The van der Waals surface area contributed by atoms with Gasteiger partial charge in [0.15, 0.2) is 0 Å². The van der Waals surface area contributed by atoms with Crippen molar-refractivity contribution in [1.82, 2.24) is 15.3 Å². The van der Waals surface area contributed by atoms with Gasteiger partial charge in [0.05, 0.1) is 11.7 Å². The molecule has 0 spiro atoms. The summed E-state index contributed by atoms with van der Waals surface area (Å²) in [7, 11) is 0. The zero-order valence-corrected chi connectivity index (χ0v) is 23.6. The van der Waals surface area contributed by atoms with E-state index < -0.39 is 5.54 Å². The van der Waals surface area contributed by atoms with Gasteiger partial charge in [0.25, 0.3) is 0 Å². The minimum Gasteiger partial charge on any atom is -0.371 e. The van der Waals surface area contributed by atoms with Gasteiger partial charge >= 0.3 is 0 Å². The average Bonchev–Trinajstić information content (AvgIpc) is 3.43. The number of pyridine rings is 1. The Labute approximate surface area is 242 Å². The van der Waals surface area contributed by atoms with Gasteiger partial charge in [0.2, 0.25) is 5.91 Å². The molecular weight excluding hydrogens is 504 g/mol. The summed E-state index contributed by atoms with van der Waals surface area (Å²) in [5.74, 6) is 0.350. The largest absolute Gasteiger partial charge is 0.371 e. The predicted molar refractivity (Wildman–Crippen MR) is 168 cm³/mol. The predicted octanol–water partition coefficient (Wildman–Crippen LogP) is 8.08. The lowest BCUT2D eigenvalue weighted by molar-refractivity contribution is -0.126. The molecule has 0 aliphatic heterocycles. The third-order valence-electron chi connectivity index (χ3n) is 8.56. The molecule has 2 aromatic heterocycles. The summed E-state index contributed by atoms with van der Waals surface area (Å²) in [6.07, 6.45) is 10.2. The van der Waals surface area contributed by atoms with Crippen LogP contribution in [-0.2, 0) is 11.2 Å². The lowest BCUT2D eigenvalue weighted by Crippen LogP contribution is -2.53. The van der Waals surface area contributed by atoms with Crippen molar-refractivity contribution < 1.29 is 4.79 Å². The Hall–Kier alpha value is -4.38. The molecule has 1 fully saturated rings. The van der Waals surface area contributed by atoms with E-state index in [9.17, 15) is 4.79 Å². The number of amides is 1. The van der Waals surface area contributed by atoms with Crippen LogP contribution in [0.15, 0.2) is 109 Å². The van der Waals surface area contributed by atoms with Crippen molar-refractivity contribution in [1.29, 1.82) is 0 Å². The zero-order chi connectivity index (χ0) is 28.1. The third kappa shape index (κ3) is 5.90. The van der Waals surface area contributed by atoms with E-state index in [-0.39, 0.29) is 11.9 Å². The van der Waals surface area contributed by atoms with Gasteiger partial charge < -0.3 is 15.6 Å². The van der Waals surface area contributed by atoms with Gasteiger partial charge in [-0.25, -0.2) is 0 Å². The van der Waals surface area contributed by atoms with E-state index in [0.717, 1.165) is 51.8 Å². The normalized spacial score (nSPS) is 16.1.